The van der Waals surface area contributed by atoms with E-state index in [1.54, 1.807) is 0 Å². The quantitative estimate of drug-likeness (QED) is 0.815. The Morgan fingerprint density at radius 2 is 1.95 bits per heavy atom. The minimum absolute atomic E-state index is 0.301. The van der Waals surface area contributed by atoms with E-state index in [-0.39, 0.29) is 6.09 Å². The summed E-state index contributed by atoms with van der Waals surface area (Å²) in [6.07, 6.45) is 6.15. The third-order valence-electron chi connectivity index (χ3n) is 4.20. The smallest absolute Gasteiger partial charge is 0.407 e. The molecule has 2 rings (SSSR count). The zero-order valence-electron chi connectivity index (χ0n) is 13.4. The summed E-state index contributed by atoms with van der Waals surface area (Å²) in [6.45, 7) is 8.69. The highest BCUT2D eigenvalue weighted by atomic mass is 16.6. The van der Waals surface area contributed by atoms with Crippen LogP contribution in [0.5, 0.6) is 0 Å². The van der Waals surface area contributed by atoms with Gasteiger partial charge in [0.2, 0.25) is 0 Å². The lowest BCUT2D eigenvalue weighted by Crippen LogP contribution is -2.47. The highest BCUT2D eigenvalue weighted by Crippen LogP contribution is 2.34. The van der Waals surface area contributed by atoms with Crippen molar-refractivity contribution in [2.75, 3.05) is 6.54 Å². The fraction of sp³-hybridized carbons (Fsp3) is 0.938. The van der Waals surface area contributed by atoms with Gasteiger partial charge in [-0.3, -0.25) is 0 Å². The molecule has 0 aromatic carbocycles. The van der Waals surface area contributed by atoms with Crippen LogP contribution in [0.4, 0.5) is 4.79 Å². The molecule has 3 unspecified atom stereocenters. The molecule has 0 aromatic rings. The lowest BCUT2D eigenvalue weighted by atomic mass is 10.1. The number of nitrogens with one attached hydrogen (secondary N) is 2. The molecule has 2 N–H and O–H groups in total. The molecular weight excluding hydrogens is 252 g/mol. The van der Waals surface area contributed by atoms with E-state index < -0.39 is 5.60 Å². The Kier molecular flexibility index (Phi) is 4.95. The fourth-order valence-electron chi connectivity index (χ4n) is 3.03. The van der Waals surface area contributed by atoms with Crippen molar-refractivity contribution in [2.24, 2.45) is 11.8 Å². The van der Waals surface area contributed by atoms with Crippen molar-refractivity contribution in [3.8, 4) is 0 Å². The van der Waals surface area contributed by atoms with E-state index in [1.165, 1.54) is 32.1 Å². The molecule has 0 aliphatic heterocycles. The van der Waals surface area contributed by atoms with Crippen LogP contribution < -0.4 is 10.6 Å². The van der Waals surface area contributed by atoms with Crippen molar-refractivity contribution in [2.45, 2.75) is 77.5 Å². The van der Waals surface area contributed by atoms with Crippen LogP contribution in [-0.4, -0.2) is 30.3 Å². The molecule has 20 heavy (non-hydrogen) atoms. The molecule has 0 heterocycles. The molecule has 3 atom stereocenters. The summed E-state index contributed by atoms with van der Waals surface area (Å²) in [7, 11) is 0. The van der Waals surface area contributed by atoms with Gasteiger partial charge in [-0.15, -0.1) is 0 Å². The number of rotatable bonds is 5. The summed E-state index contributed by atoms with van der Waals surface area (Å²) < 4.78 is 5.30. The second-order valence-corrected chi connectivity index (χ2v) is 7.61. The van der Waals surface area contributed by atoms with E-state index >= 15 is 0 Å². The molecule has 2 saturated carbocycles. The molecule has 0 spiro atoms. The van der Waals surface area contributed by atoms with E-state index in [0.717, 1.165) is 11.8 Å². The molecule has 0 radical (unpaired) electrons. The predicted molar refractivity (Wildman–Crippen MR) is 80.7 cm³/mol. The molecule has 2 aliphatic carbocycles. The van der Waals surface area contributed by atoms with Gasteiger partial charge in [0.1, 0.15) is 5.60 Å². The Morgan fingerprint density at radius 1 is 1.25 bits per heavy atom. The second-order valence-electron chi connectivity index (χ2n) is 7.61. The number of hydrogen-bond donors (Lipinski definition) is 2. The lowest BCUT2D eigenvalue weighted by molar-refractivity contribution is 0.0520. The summed E-state index contributed by atoms with van der Waals surface area (Å²) in [6, 6.07) is 1.05. The molecule has 0 aromatic heterocycles. The van der Waals surface area contributed by atoms with Crippen molar-refractivity contribution in [3.63, 3.8) is 0 Å². The Balaban J connectivity index is 1.74. The van der Waals surface area contributed by atoms with Crippen LogP contribution in [0.1, 0.15) is 59.8 Å². The van der Waals surface area contributed by atoms with Gasteiger partial charge in [-0.05, 0) is 64.7 Å². The van der Waals surface area contributed by atoms with Crippen LogP contribution in [0.2, 0.25) is 0 Å². The van der Waals surface area contributed by atoms with Gasteiger partial charge in [0, 0.05) is 18.6 Å². The average Bonchev–Trinajstić information content (AvgIpc) is 3.07. The van der Waals surface area contributed by atoms with Gasteiger partial charge in [0.25, 0.3) is 0 Å². The topological polar surface area (TPSA) is 50.4 Å². The third-order valence-corrected chi connectivity index (χ3v) is 4.20. The summed E-state index contributed by atoms with van der Waals surface area (Å²) >= 11 is 0. The number of carbonyl (C=O) groups excluding carboxylic acids is 1. The molecule has 2 aliphatic rings. The van der Waals surface area contributed by atoms with Gasteiger partial charge in [-0.2, -0.15) is 0 Å². The Bertz CT molecular complexity index is 334. The number of ether oxygens (including phenoxy) is 1. The highest BCUT2D eigenvalue weighted by Gasteiger charge is 2.34. The maximum Gasteiger partial charge on any atom is 0.407 e. The SMILES string of the molecule is CC1CCC(NC(CNC(=O)OC(C)(C)C)C2CC2)C1. The molecule has 116 valence electrons. The van der Waals surface area contributed by atoms with Crippen molar-refractivity contribution in [3.05, 3.63) is 0 Å². The summed E-state index contributed by atoms with van der Waals surface area (Å²) in [4.78, 5) is 11.7. The van der Waals surface area contributed by atoms with Gasteiger partial charge in [-0.25, -0.2) is 4.79 Å². The molecule has 4 nitrogen and oxygen atoms in total. The average molecular weight is 282 g/mol. The molecule has 0 bridgehead atoms. The van der Waals surface area contributed by atoms with Crippen molar-refractivity contribution in [1.29, 1.82) is 0 Å². The van der Waals surface area contributed by atoms with Crippen LogP contribution in [0.15, 0.2) is 0 Å². The summed E-state index contributed by atoms with van der Waals surface area (Å²) in [5.74, 6) is 1.58. The van der Waals surface area contributed by atoms with E-state index in [9.17, 15) is 4.79 Å². The molecule has 4 heteroatoms. The van der Waals surface area contributed by atoms with Crippen molar-refractivity contribution < 1.29 is 9.53 Å². The fourth-order valence-corrected chi connectivity index (χ4v) is 3.03. The number of alkyl carbamates (subject to hydrolysis) is 1. The van der Waals surface area contributed by atoms with Gasteiger partial charge < -0.3 is 15.4 Å². The first kappa shape index (κ1) is 15.6. The number of amides is 1. The summed E-state index contributed by atoms with van der Waals surface area (Å²) in [5.41, 5.74) is -0.423. The lowest BCUT2D eigenvalue weighted by Gasteiger charge is -2.25. The first-order chi connectivity index (χ1) is 9.33. The van der Waals surface area contributed by atoms with Crippen LogP contribution in [0.25, 0.3) is 0 Å². The minimum atomic E-state index is -0.423. The normalized spacial score (nSPS) is 28.2. The van der Waals surface area contributed by atoms with Crippen molar-refractivity contribution in [1.82, 2.24) is 10.6 Å². The Hall–Kier alpha value is -0.770. The monoisotopic (exact) mass is 282 g/mol. The Labute approximate surface area is 123 Å². The van der Waals surface area contributed by atoms with E-state index in [2.05, 4.69) is 17.6 Å². The number of carbonyl (C=O) groups is 1. The van der Waals surface area contributed by atoms with Crippen LogP contribution >= 0.6 is 0 Å². The van der Waals surface area contributed by atoms with E-state index in [1.807, 2.05) is 20.8 Å². The van der Waals surface area contributed by atoms with Crippen molar-refractivity contribution >= 4 is 6.09 Å². The second kappa shape index (κ2) is 6.33. The maximum absolute atomic E-state index is 11.7. The van der Waals surface area contributed by atoms with Gasteiger partial charge in [0.05, 0.1) is 0 Å². The van der Waals surface area contributed by atoms with Crippen LogP contribution in [-0.2, 0) is 4.74 Å². The van der Waals surface area contributed by atoms with Crippen LogP contribution in [0, 0.1) is 11.8 Å². The predicted octanol–water partition coefficient (Wildman–Crippen LogP) is 3.07. The van der Waals surface area contributed by atoms with Gasteiger partial charge in [0.15, 0.2) is 0 Å². The highest BCUT2D eigenvalue weighted by molar-refractivity contribution is 5.67. The van der Waals surface area contributed by atoms with Gasteiger partial charge >= 0.3 is 6.09 Å². The first-order valence-corrected chi connectivity index (χ1v) is 8.06. The maximum atomic E-state index is 11.7. The standard InChI is InChI=1S/C16H30N2O2/c1-11-5-8-13(9-11)18-14(12-6-7-12)10-17-15(19)20-16(2,3)4/h11-14,18H,5-10H2,1-4H3,(H,17,19). The molecule has 1 amide bonds. The zero-order valence-corrected chi connectivity index (χ0v) is 13.4. The molecule has 2 fully saturated rings. The number of hydrogen-bond acceptors (Lipinski definition) is 3. The molecule has 0 saturated heterocycles. The summed E-state index contributed by atoms with van der Waals surface area (Å²) in [5, 5.41) is 6.68. The molecular formula is C16H30N2O2. The zero-order chi connectivity index (χ0) is 14.8. The Morgan fingerprint density at radius 3 is 2.45 bits per heavy atom. The van der Waals surface area contributed by atoms with E-state index in [4.69, 9.17) is 4.74 Å². The van der Waals surface area contributed by atoms with Crippen LogP contribution in [0.3, 0.4) is 0 Å². The van der Waals surface area contributed by atoms with E-state index in [0.29, 0.717) is 18.6 Å². The third kappa shape index (κ3) is 5.31. The first-order valence-electron chi connectivity index (χ1n) is 8.06. The van der Waals surface area contributed by atoms with Gasteiger partial charge in [-0.1, -0.05) is 6.92 Å². The largest absolute Gasteiger partial charge is 0.444 e. The minimum Gasteiger partial charge on any atom is -0.444 e.